The predicted molar refractivity (Wildman–Crippen MR) is 128 cm³/mol. The molecule has 0 saturated carbocycles. The second-order valence-corrected chi connectivity index (χ2v) is 8.51. The first-order chi connectivity index (χ1) is 16.5. The molecule has 1 aromatic heterocycles. The van der Waals surface area contributed by atoms with Crippen LogP contribution in [-0.2, 0) is 16.0 Å². The van der Waals surface area contributed by atoms with E-state index in [1.54, 1.807) is 36.4 Å². The van der Waals surface area contributed by atoms with Gasteiger partial charge in [-0.15, -0.1) is 0 Å². The lowest BCUT2D eigenvalue weighted by molar-refractivity contribution is -0.127. The number of carbonyl (C=O) groups excluding carboxylic acids is 2. The molecule has 3 heterocycles. The molecule has 35 heavy (non-hydrogen) atoms. The Morgan fingerprint density at radius 1 is 0.914 bits per heavy atom. The van der Waals surface area contributed by atoms with Gasteiger partial charge >= 0.3 is 5.97 Å². The van der Waals surface area contributed by atoms with Crippen LogP contribution in [0.4, 0.5) is 0 Å². The highest BCUT2D eigenvalue weighted by atomic mass is 16.5. The number of ether oxygens (including phenoxy) is 1. The number of nitrogens with zero attached hydrogens (tertiary/aromatic N) is 1. The number of allylic oxidation sites excluding steroid dienone is 2. The molecule has 0 fully saturated rings. The minimum atomic E-state index is -0.466. The van der Waals surface area contributed by atoms with E-state index in [1.165, 1.54) is 0 Å². The molecule has 0 spiro atoms. The quantitative estimate of drug-likeness (QED) is 0.264. The third kappa shape index (κ3) is 2.73. The maximum absolute atomic E-state index is 13.0. The maximum Gasteiger partial charge on any atom is 0.344 e. The Labute approximate surface area is 197 Å². The highest BCUT2D eigenvalue weighted by Gasteiger charge is 2.36. The van der Waals surface area contributed by atoms with Gasteiger partial charge in [-0.3, -0.25) is 4.79 Å². The predicted octanol–water partition coefficient (Wildman–Crippen LogP) is 2.61. The number of hydrogen-bond acceptors (Lipinski definition) is 5. The number of para-hydroxylation sites is 1. The number of rotatable bonds is 1. The lowest BCUT2D eigenvalue weighted by Crippen LogP contribution is -2.22. The average Bonchev–Trinajstić information content (AvgIpc) is 3.51. The lowest BCUT2D eigenvalue weighted by Gasteiger charge is -2.06. The number of benzene rings is 3. The van der Waals surface area contributed by atoms with Crippen LogP contribution in [0.1, 0.15) is 22.3 Å². The third-order valence-corrected chi connectivity index (χ3v) is 6.60. The van der Waals surface area contributed by atoms with E-state index in [9.17, 15) is 14.7 Å². The van der Waals surface area contributed by atoms with Gasteiger partial charge in [0.05, 0.1) is 22.1 Å². The Balaban J connectivity index is 0.00000229. The zero-order chi connectivity index (χ0) is 23.1. The van der Waals surface area contributed by atoms with Crippen molar-refractivity contribution in [3.8, 4) is 11.7 Å². The van der Waals surface area contributed by atoms with Crippen LogP contribution in [0.3, 0.4) is 0 Å². The Bertz CT molecular complexity index is 1820. The summed E-state index contributed by atoms with van der Waals surface area (Å²) in [5.41, 5.74) is 5.50. The van der Waals surface area contributed by atoms with E-state index in [-0.39, 0.29) is 22.6 Å². The van der Waals surface area contributed by atoms with Crippen molar-refractivity contribution in [2.75, 3.05) is 0 Å². The summed E-state index contributed by atoms with van der Waals surface area (Å²) in [6, 6.07) is 18.3. The number of furan rings is 1. The van der Waals surface area contributed by atoms with E-state index in [2.05, 4.69) is 11.6 Å². The van der Waals surface area contributed by atoms with Gasteiger partial charge in [-0.25, -0.2) is 9.79 Å². The van der Waals surface area contributed by atoms with Crippen molar-refractivity contribution in [1.82, 2.24) is 0 Å². The first kappa shape index (κ1) is 20.8. The largest absolute Gasteiger partial charge is 0.480 e. The summed E-state index contributed by atoms with van der Waals surface area (Å²) < 4.78 is 11.3. The smallest absolute Gasteiger partial charge is 0.344 e. The molecule has 4 aromatic rings. The monoisotopic (exact) mass is 463 g/mol. The molecule has 3 aliphatic rings. The minimum Gasteiger partial charge on any atom is -0.480 e. The highest BCUT2D eigenvalue weighted by molar-refractivity contribution is 6.32. The molecule has 7 nitrogen and oxygen atoms in total. The van der Waals surface area contributed by atoms with Gasteiger partial charge in [0.1, 0.15) is 11.3 Å². The summed E-state index contributed by atoms with van der Waals surface area (Å²) in [6.45, 7) is 4.18. The zero-order valence-corrected chi connectivity index (χ0v) is 18.2. The van der Waals surface area contributed by atoms with Gasteiger partial charge in [-0.05, 0) is 41.3 Å². The fourth-order valence-corrected chi connectivity index (χ4v) is 5.17. The minimum absolute atomic E-state index is 0. The molecule has 7 rings (SSSR count). The molecule has 7 heteroatoms. The molecule has 0 unspecified atom stereocenters. The summed E-state index contributed by atoms with van der Waals surface area (Å²) in [6.07, 6.45) is 0.662. The first-order valence-electron chi connectivity index (χ1n) is 10.8. The SMILES string of the molecule is C=C1Cc2ccccc2/C1=C1/C(=O)Oc2cc3c(C4=c5ccccc5=NC4=O)c(O)oc3cc21.O. The van der Waals surface area contributed by atoms with Crippen molar-refractivity contribution in [3.63, 3.8) is 0 Å². The van der Waals surface area contributed by atoms with Crippen LogP contribution in [0.5, 0.6) is 11.7 Å². The fraction of sp³-hybridized carbons (Fsp3) is 0.0357. The molecule has 0 bridgehead atoms. The van der Waals surface area contributed by atoms with E-state index < -0.39 is 11.9 Å². The van der Waals surface area contributed by atoms with Crippen LogP contribution in [-0.4, -0.2) is 22.5 Å². The van der Waals surface area contributed by atoms with Gasteiger partial charge in [0.15, 0.2) is 0 Å². The fourth-order valence-electron chi connectivity index (χ4n) is 5.17. The average molecular weight is 463 g/mol. The standard InChI is InChI=1S/C28H15NO5.H2O/c1-13-10-14-6-2-3-7-15(14)22(13)24-17-11-21-18(12-20(17)33-27(24)31)25(28(32)34-21)23-16-8-4-5-9-19(16)29-26(23)30;/h2-9,11-12,32H,1,10H2;1H2/b24-22+;. The van der Waals surface area contributed by atoms with Crippen LogP contribution >= 0.6 is 0 Å². The number of fused-ring (bicyclic) bond motifs is 4. The molecule has 1 aliphatic carbocycles. The third-order valence-electron chi connectivity index (χ3n) is 6.60. The van der Waals surface area contributed by atoms with E-state index in [4.69, 9.17) is 9.15 Å². The molecule has 2 aliphatic heterocycles. The Hall–Kier alpha value is -4.75. The molecule has 0 radical (unpaired) electrons. The van der Waals surface area contributed by atoms with E-state index in [0.717, 1.165) is 22.3 Å². The second-order valence-electron chi connectivity index (χ2n) is 8.51. The number of hydrogen-bond donors (Lipinski definition) is 1. The van der Waals surface area contributed by atoms with Crippen LogP contribution in [0.25, 0.3) is 27.7 Å². The molecular formula is C28H17NO6. The van der Waals surface area contributed by atoms with E-state index in [0.29, 0.717) is 44.9 Å². The van der Waals surface area contributed by atoms with Crippen molar-refractivity contribution >= 4 is 39.6 Å². The Kier molecular flexibility index (Phi) is 4.24. The van der Waals surface area contributed by atoms with E-state index in [1.807, 2.05) is 24.3 Å². The topological polar surface area (TPSA) is 121 Å². The number of aromatic hydroxyl groups is 1. The van der Waals surface area contributed by atoms with Gasteiger partial charge in [0.2, 0.25) is 0 Å². The first-order valence-corrected chi connectivity index (χ1v) is 10.8. The van der Waals surface area contributed by atoms with Gasteiger partial charge in [-0.1, -0.05) is 49.0 Å². The van der Waals surface area contributed by atoms with Crippen LogP contribution in [0.2, 0.25) is 0 Å². The van der Waals surface area contributed by atoms with Gasteiger partial charge in [0, 0.05) is 21.7 Å². The second kappa shape index (κ2) is 7.12. The molecule has 1 amide bonds. The molecule has 170 valence electrons. The van der Waals surface area contributed by atoms with Crippen molar-refractivity contribution in [1.29, 1.82) is 0 Å². The highest BCUT2D eigenvalue weighted by Crippen LogP contribution is 2.48. The summed E-state index contributed by atoms with van der Waals surface area (Å²) in [7, 11) is 0. The van der Waals surface area contributed by atoms with Crippen LogP contribution in [0.15, 0.2) is 82.2 Å². The van der Waals surface area contributed by atoms with Crippen molar-refractivity contribution in [2.24, 2.45) is 4.99 Å². The maximum atomic E-state index is 13.0. The van der Waals surface area contributed by atoms with Gasteiger partial charge in [-0.2, -0.15) is 0 Å². The van der Waals surface area contributed by atoms with Crippen LogP contribution in [0, 0.1) is 0 Å². The number of esters is 1. The van der Waals surface area contributed by atoms with Crippen molar-refractivity contribution in [3.05, 3.63) is 106 Å². The van der Waals surface area contributed by atoms with Crippen molar-refractivity contribution in [2.45, 2.75) is 6.42 Å². The Morgan fingerprint density at radius 3 is 2.54 bits per heavy atom. The van der Waals surface area contributed by atoms with Crippen molar-refractivity contribution < 1.29 is 29.3 Å². The zero-order valence-electron chi connectivity index (χ0n) is 18.2. The number of carbonyl (C=O) groups is 2. The lowest BCUT2D eigenvalue weighted by atomic mass is 9.93. The summed E-state index contributed by atoms with van der Waals surface area (Å²) >= 11 is 0. The molecule has 0 atom stereocenters. The summed E-state index contributed by atoms with van der Waals surface area (Å²) in [4.78, 5) is 29.8. The van der Waals surface area contributed by atoms with E-state index >= 15 is 0 Å². The molecule has 0 saturated heterocycles. The number of amides is 1. The molecular weight excluding hydrogens is 446 g/mol. The molecule has 3 aromatic carbocycles. The summed E-state index contributed by atoms with van der Waals surface area (Å²) in [5.74, 6) is -0.967. The van der Waals surface area contributed by atoms with Gasteiger partial charge in [0.25, 0.3) is 11.9 Å². The summed E-state index contributed by atoms with van der Waals surface area (Å²) in [5, 5.41) is 12.3. The molecule has 3 N–H and O–H groups in total. The normalized spacial score (nSPS) is 17.7. The van der Waals surface area contributed by atoms with Crippen LogP contribution < -0.4 is 15.3 Å². The van der Waals surface area contributed by atoms with Gasteiger partial charge < -0.3 is 19.7 Å². The Morgan fingerprint density at radius 2 is 1.69 bits per heavy atom.